The van der Waals surface area contributed by atoms with E-state index in [0.29, 0.717) is 17.0 Å². The molecular weight excluding hydrogens is 266 g/mol. The Kier molecular flexibility index (Phi) is 4.37. The van der Waals surface area contributed by atoms with Gasteiger partial charge in [0.25, 0.3) is 0 Å². The second-order valence-electron chi connectivity index (χ2n) is 4.29. The number of hydrogen-bond acceptors (Lipinski definition) is 3. The Bertz CT molecular complexity index is 725. The number of ketones is 1. The summed E-state index contributed by atoms with van der Waals surface area (Å²) in [5.41, 5.74) is 1.76. The van der Waals surface area contributed by atoms with Gasteiger partial charge in [-0.3, -0.25) is 4.79 Å². The van der Waals surface area contributed by atoms with Crippen molar-refractivity contribution in [3.8, 4) is 11.5 Å². The molecule has 0 saturated carbocycles. The zero-order chi connectivity index (χ0) is 15.2. The number of ether oxygens (including phenoxy) is 1. The van der Waals surface area contributed by atoms with E-state index in [0.717, 1.165) is 5.56 Å². The van der Waals surface area contributed by atoms with Gasteiger partial charge in [-0.05, 0) is 23.8 Å². The van der Waals surface area contributed by atoms with Crippen molar-refractivity contribution in [3.05, 3.63) is 71.1 Å². The molecule has 0 saturated heterocycles. The van der Waals surface area contributed by atoms with E-state index in [2.05, 4.69) is 4.85 Å². The second-order valence-corrected chi connectivity index (χ2v) is 4.29. The largest absolute Gasteiger partial charge is 0.504 e. The van der Waals surface area contributed by atoms with Crippen LogP contribution in [-0.4, -0.2) is 18.0 Å². The van der Waals surface area contributed by atoms with Crippen molar-refractivity contribution in [3.63, 3.8) is 0 Å². The highest BCUT2D eigenvalue weighted by atomic mass is 16.5. The quantitative estimate of drug-likeness (QED) is 0.525. The van der Waals surface area contributed by atoms with E-state index >= 15 is 0 Å². The van der Waals surface area contributed by atoms with E-state index in [9.17, 15) is 9.90 Å². The van der Waals surface area contributed by atoms with Gasteiger partial charge in [0.1, 0.15) is 0 Å². The highest BCUT2D eigenvalue weighted by Crippen LogP contribution is 2.26. The Morgan fingerprint density at radius 3 is 2.57 bits per heavy atom. The first-order chi connectivity index (χ1) is 10.1. The van der Waals surface area contributed by atoms with Crippen LogP contribution in [0.15, 0.2) is 48.5 Å². The fraction of sp³-hybridized carbons (Fsp3) is 0.0588. The second kappa shape index (κ2) is 6.40. The minimum Gasteiger partial charge on any atom is -0.504 e. The molecule has 0 aliphatic carbocycles. The zero-order valence-electron chi connectivity index (χ0n) is 11.4. The van der Waals surface area contributed by atoms with Crippen molar-refractivity contribution < 1.29 is 14.6 Å². The standard InChI is InChI=1S/C17H13NO3/c1-18-14-7-5-13(6-8-14)15(19)9-3-12-4-10-16(20)17(11-12)21-2/h3-11,20H,2H3/b9-3+. The van der Waals surface area contributed by atoms with Crippen molar-refractivity contribution in [2.75, 3.05) is 7.11 Å². The van der Waals surface area contributed by atoms with Gasteiger partial charge in [-0.25, -0.2) is 4.85 Å². The van der Waals surface area contributed by atoms with Gasteiger partial charge in [0.15, 0.2) is 23.0 Å². The molecule has 2 rings (SSSR count). The van der Waals surface area contributed by atoms with E-state index in [1.54, 1.807) is 42.5 Å². The lowest BCUT2D eigenvalue weighted by atomic mass is 10.1. The van der Waals surface area contributed by atoms with Gasteiger partial charge in [-0.15, -0.1) is 0 Å². The molecule has 4 heteroatoms. The van der Waals surface area contributed by atoms with Crippen LogP contribution in [0.1, 0.15) is 15.9 Å². The van der Waals surface area contributed by atoms with Crippen molar-refractivity contribution in [2.45, 2.75) is 0 Å². The number of carbonyl (C=O) groups excluding carboxylic acids is 1. The summed E-state index contributed by atoms with van der Waals surface area (Å²) in [6.07, 6.45) is 3.09. The number of phenols is 1. The van der Waals surface area contributed by atoms with Crippen molar-refractivity contribution in [1.29, 1.82) is 0 Å². The average molecular weight is 279 g/mol. The summed E-state index contributed by atoms with van der Waals surface area (Å²) in [5.74, 6) is 0.250. The van der Waals surface area contributed by atoms with E-state index in [1.165, 1.54) is 19.3 Å². The third kappa shape index (κ3) is 3.48. The molecular formula is C17H13NO3. The lowest BCUT2D eigenvalue weighted by Crippen LogP contribution is -1.93. The third-order valence-corrected chi connectivity index (χ3v) is 2.91. The summed E-state index contributed by atoms with van der Waals surface area (Å²) in [6.45, 7) is 6.86. The summed E-state index contributed by atoms with van der Waals surface area (Å²) < 4.78 is 5.01. The highest BCUT2D eigenvalue weighted by Gasteiger charge is 2.03. The fourth-order valence-electron chi connectivity index (χ4n) is 1.77. The zero-order valence-corrected chi connectivity index (χ0v) is 11.4. The Hall–Kier alpha value is -3.06. The molecule has 0 heterocycles. The molecule has 2 aromatic carbocycles. The molecule has 0 aromatic heterocycles. The summed E-state index contributed by atoms with van der Waals surface area (Å²) in [4.78, 5) is 15.3. The highest BCUT2D eigenvalue weighted by molar-refractivity contribution is 6.07. The molecule has 0 amide bonds. The SMILES string of the molecule is [C-]#[N+]c1ccc(C(=O)/C=C/c2ccc(O)c(OC)c2)cc1. The molecule has 104 valence electrons. The van der Waals surface area contributed by atoms with E-state index in [1.807, 2.05) is 0 Å². The van der Waals surface area contributed by atoms with E-state index < -0.39 is 0 Å². The Morgan fingerprint density at radius 2 is 1.95 bits per heavy atom. The molecule has 0 unspecified atom stereocenters. The van der Waals surface area contributed by atoms with E-state index in [4.69, 9.17) is 11.3 Å². The molecule has 0 radical (unpaired) electrons. The molecule has 2 aromatic rings. The minimum absolute atomic E-state index is 0.0516. The monoisotopic (exact) mass is 279 g/mol. The molecule has 1 N–H and O–H groups in total. The number of nitrogens with zero attached hydrogens (tertiary/aromatic N) is 1. The Balaban J connectivity index is 2.16. The van der Waals surface area contributed by atoms with Crippen LogP contribution in [-0.2, 0) is 0 Å². The van der Waals surface area contributed by atoms with Gasteiger partial charge in [0.05, 0.1) is 13.7 Å². The number of allylic oxidation sites excluding steroid dienone is 1. The van der Waals surface area contributed by atoms with Gasteiger partial charge in [-0.1, -0.05) is 36.4 Å². The number of phenolic OH excluding ortho intramolecular Hbond substituents is 1. The first-order valence-electron chi connectivity index (χ1n) is 6.21. The lowest BCUT2D eigenvalue weighted by molar-refractivity contribution is 0.104. The maximum absolute atomic E-state index is 12.0. The van der Waals surface area contributed by atoms with Gasteiger partial charge in [0, 0.05) is 5.56 Å². The summed E-state index contributed by atoms with van der Waals surface area (Å²) in [6, 6.07) is 11.3. The van der Waals surface area contributed by atoms with Gasteiger partial charge >= 0.3 is 0 Å². The topological polar surface area (TPSA) is 50.9 Å². The first kappa shape index (κ1) is 14.4. The number of benzene rings is 2. The lowest BCUT2D eigenvalue weighted by Gasteiger charge is -2.03. The molecule has 0 aliphatic rings. The molecule has 21 heavy (non-hydrogen) atoms. The van der Waals surface area contributed by atoms with Crippen LogP contribution in [0.2, 0.25) is 0 Å². The van der Waals surface area contributed by atoms with Crippen LogP contribution in [0.4, 0.5) is 5.69 Å². The maximum Gasteiger partial charge on any atom is 0.187 e. The van der Waals surface area contributed by atoms with Gasteiger partial charge < -0.3 is 9.84 Å². The predicted octanol–water partition coefficient (Wildman–Crippen LogP) is 3.85. The normalized spacial score (nSPS) is 10.3. The van der Waals surface area contributed by atoms with E-state index in [-0.39, 0.29) is 11.5 Å². The Morgan fingerprint density at radius 1 is 1.24 bits per heavy atom. The van der Waals surface area contributed by atoms with Crippen LogP contribution in [0.3, 0.4) is 0 Å². The average Bonchev–Trinajstić information content (AvgIpc) is 2.53. The molecule has 0 bridgehead atoms. The molecule has 4 nitrogen and oxygen atoms in total. The third-order valence-electron chi connectivity index (χ3n) is 2.91. The van der Waals surface area contributed by atoms with Crippen molar-refractivity contribution >= 4 is 17.5 Å². The minimum atomic E-state index is -0.154. The van der Waals surface area contributed by atoms with Crippen molar-refractivity contribution in [2.24, 2.45) is 0 Å². The summed E-state index contributed by atoms with van der Waals surface area (Å²) >= 11 is 0. The van der Waals surface area contributed by atoms with Crippen LogP contribution in [0.25, 0.3) is 10.9 Å². The van der Waals surface area contributed by atoms with Crippen LogP contribution in [0.5, 0.6) is 11.5 Å². The summed E-state index contributed by atoms with van der Waals surface area (Å²) in [7, 11) is 1.46. The molecule has 0 atom stereocenters. The maximum atomic E-state index is 12.0. The van der Waals surface area contributed by atoms with Crippen LogP contribution in [0, 0.1) is 6.57 Å². The first-order valence-corrected chi connectivity index (χ1v) is 6.21. The number of methoxy groups -OCH3 is 1. The Labute approximate surface area is 122 Å². The smallest absolute Gasteiger partial charge is 0.187 e. The molecule has 0 spiro atoms. The molecule has 0 fully saturated rings. The van der Waals surface area contributed by atoms with Gasteiger partial charge in [-0.2, -0.15) is 0 Å². The van der Waals surface area contributed by atoms with Gasteiger partial charge in [0.2, 0.25) is 0 Å². The number of aromatic hydroxyl groups is 1. The summed E-state index contributed by atoms with van der Waals surface area (Å²) in [5, 5.41) is 9.50. The molecule has 0 aliphatic heterocycles. The number of rotatable bonds is 4. The van der Waals surface area contributed by atoms with Crippen LogP contribution >= 0.6 is 0 Å². The number of hydrogen-bond donors (Lipinski definition) is 1. The number of carbonyl (C=O) groups is 1. The van der Waals surface area contributed by atoms with Crippen LogP contribution < -0.4 is 4.74 Å². The fourth-order valence-corrected chi connectivity index (χ4v) is 1.77. The predicted molar refractivity (Wildman–Crippen MR) is 80.7 cm³/mol. The van der Waals surface area contributed by atoms with Crippen molar-refractivity contribution in [1.82, 2.24) is 0 Å².